The molecule has 0 unspecified atom stereocenters. The van der Waals surface area contributed by atoms with E-state index in [1.54, 1.807) is 44.0 Å². The molecule has 2 rings (SSSR count). The van der Waals surface area contributed by atoms with Gasteiger partial charge in [-0.15, -0.1) is 0 Å². The van der Waals surface area contributed by atoms with Crippen LogP contribution in [-0.2, 0) is 4.79 Å². The first-order chi connectivity index (χ1) is 12.6. The number of nitrogens with zero attached hydrogens (tertiary/aromatic N) is 1. The summed E-state index contributed by atoms with van der Waals surface area (Å²) in [6.07, 6.45) is 0. The molecule has 2 aromatic rings. The lowest BCUT2D eigenvalue weighted by molar-refractivity contribution is -0.116. The number of aromatic amines is 1. The molecule has 0 bridgehead atoms. The molecule has 1 aromatic carbocycles. The lowest BCUT2D eigenvalue weighted by atomic mass is 10.1. The van der Waals surface area contributed by atoms with Gasteiger partial charge >= 0.3 is 0 Å². The van der Waals surface area contributed by atoms with Crippen LogP contribution in [-0.4, -0.2) is 47.5 Å². The number of aryl methyl sites for hydroxylation is 1. The van der Waals surface area contributed by atoms with Gasteiger partial charge in [0.15, 0.2) is 11.6 Å². The highest BCUT2D eigenvalue weighted by molar-refractivity contribution is 6.39. The summed E-state index contributed by atoms with van der Waals surface area (Å²) in [7, 11) is 1.66. The second-order valence-electron chi connectivity index (χ2n) is 6.42. The van der Waals surface area contributed by atoms with Crippen molar-refractivity contribution in [1.82, 2.24) is 9.88 Å². The summed E-state index contributed by atoms with van der Waals surface area (Å²) >= 11 is 12.1. The number of carbonyl (C=O) groups excluding carboxylic acids is 3. The molecule has 0 spiro atoms. The minimum atomic E-state index is -0.343. The maximum Gasteiger partial charge on any atom is 0.238 e. The standard InChI is InChI=1S/C19H21Cl2N3O3/c1-10-17(12(3)25)11(2)22-18(10)15(26)8-24(4)9-16(27)23-19-13(20)6-5-7-14(19)21/h5-7,22H,8-9H2,1-4H3,(H,23,27). The Morgan fingerprint density at radius 1 is 1.11 bits per heavy atom. The smallest absolute Gasteiger partial charge is 0.238 e. The fourth-order valence-corrected chi connectivity index (χ4v) is 3.47. The van der Waals surface area contributed by atoms with Crippen molar-refractivity contribution in [3.63, 3.8) is 0 Å². The Balaban J connectivity index is 2.02. The Morgan fingerprint density at radius 2 is 1.70 bits per heavy atom. The molecule has 0 aliphatic carbocycles. The number of nitrogens with one attached hydrogen (secondary N) is 2. The van der Waals surface area contributed by atoms with Crippen LogP contribution in [0.15, 0.2) is 18.2 Å². The van der Waals surface area contributed by atoms with Crippen molar-refractivity contribution in [2.75, 3.05) is 25.5 Å². The topological polar surface area (TPSA) is 82.3 Å². The quantitative estimate of drug-likeness (QED) is 0.679. The number of hydrogen-bond donors (Lipinski definition) is 2. The molecule has 144 valence electrons. The number of benzene rings is 1. The zero-order valence-electron chi connectivity index (χ0n) is 15.6. The number of para-hydroxylation sites is 1. The van der Waals surface area contributed by atoms with Gasteiger partial charge in [-0.1, -0.05) is 29.3 Å². The number of Topliss-reactive ketones (excluding diaryl/α,β-unsaturated/α-hetero) is 2. The van der Waals surface area contributed by atoms with Crippen LogP contribution < -0.4 is 5.32 Å². The average Bonchev–Trinajstić information content (AvgIpc) is 2.85. The Labute approximate surface area is 167 Å². The second kappa shape index (κ2) is 8.69. The van der Waals surface area contributed by atoms with Crippen molar-refractivity contribution in [3.05, 3.63) is 50.8 Å². The van der Waals surface area contributed by atoms with Gasteiger partial charge in [-0.05, 0) is 45.5 Å². The third-order valence-corrected chi connectivity index (χ3v) is 4.75. The summed E-state index contributed by atoms with van der Waals surface area (Å²) in [5.41, 5.74) is 2.56. The molecule has 6 nitrogen and oxygen atoms in total. The van der Waals surface area contributed by atoms with Crippen molar-refractivity contribution in [3.8, 4) is 0 Å². The number of aromatic nitrogens is 1. The van der Waals surface area contributed by atoms with Crippen molar-refractivity contribution < 1.29 is 14.4 Å². The molecule has 8 heteroatoms. The van der Waals surface area contributed by atoms with Crippen LogP contribution in [0, 0.1) is 13.8 Å². The van der Waals surface area contributed by atoms with Gasteiger partial charge in [0.25, 0.3) is 0 Å². The maximum absolute atomic E-state index is 12.6. The predicted molar refractivity (Wildman–Crippen MR) is 107 cm³/mol. The van der Waals surface area contributed by atoms with Crippen molar-refractivity contribution >= 4 is 46.4 Å². The van der Waals surface area contributed by atoms with Gasteiger partial charge in [0.05, 0.1) is 34.5 Å². The molecule has 0 radical (unpaired) electrons. The van der Waals surface area contributed by atoms with E-state index in [1.807, 2.05) is 0 Å². The lowest BCUT2D eigenvalue weighted by Gasteiger charge is -2.16. The van der Waals surface area contributed by atoms with Crippen LogP contribution in [0.5, 0.6) is 0 Å². The van der Waals surface area contributed by atoms with Crippen LogP contribution in [0.1, 0.15) is 39.0 Å². The molecule has 0 saturated carbocycles. The Hall–Kier alpha value is -2.15. The monoisotopic (exact) mass is 409 g/mol. The van der Waals surface area contributed by atoms with E-state index in [4.69, 9.17) is 23.2 Å². The number of rotatable bonds is 7. The molecular formula is C19H21Cl2N3O3. The molecule has 0 atom stereocenters. The molecular weight excluding hydrogens is 389 g/mol. The molecule has 1 aromatic heterocycles. The summed E-state index contributed by atoms with van der Waals surface area (Å²) in [6.45, 7) is 4.95. The summed E-state index contributed by atoms with van der Waals surface area (Å²) < 4.78 is 0. The summed E-state index contributed by atoms with van der Waals surface area (Å²) in [4.78, 5) is 41.0. The van der Waals surface area contributed by atoms with Crippen LogP contribution >= 0.6 is 23.2 Å². The molecule has 0 saturated heterocycles. The van der Waals surface area contributed by atoms with E-state index in [0.717, 1.165) is 0 Å². The van der Waals surface area contributed by atoms with E-state index in [2.05, 4.69) is 10.3 Å². The molecule has 2 N–H and O–H groups in total. The summed E-state index contributed by atoms with van der Waals surface area (Å²) in [5.74, 6) is -0.636. The first kappa shape index (κ1) is 21.2. The summed E-state index contributed by atoms with van der Waals surface area (Å²) in [6, 6.07) is 4.93. The summed E-state index contributed by atoms with van der Waals surface area (Å²) in [5, 5.41) is 3.33. The van der Waals surface area contributed by atoms with Gasteiger partial charge in [-0.25, -0.2) is 0 Å². The number of carbonyl (C=O) groups is 3. The number of anilines is 1. The molecule has 1 amide bonds. The first-order valence-electron chi connectivity index (χ1n) is 8.27. The normalized spacial score (nSPS) is 10.9. The number of hydrogen-bond acceptors (Lipinski definition) is 4. The average molecular weight is 410 g/mol. The van der Waals surface area contributed by atoms with E-state index >= 15 is 0 Å². The molecule has 0 fully saturated rings. The molecule has 0 aliphatic heterocycles. The number of H-pyrrole nitrogens is 1. The van der Waals surface area contributed by atoms with E-state index in [9.17, 15) is 14.4 Å². The maximum atomic E-state index is 12.6. The van der Waals surface area contributed by atoms with Crippen molar-refractivity contribution in [2.24, 2.45) is 0 Å². The second-order valence-corrected chi connectivity index (χ2v) is 7.24. The molecule has 0 aliphatic rings. The fraction of sp³-hybridized carbons (Fsp3) is 0.316. The third kappa shape index (κ3) is 4.97. The Kier molecular flexibility index (Phi) is 6.81. The van der Waals surface area contributed by atoms with Gasteiger partial charge in [0, 0.05) is 11.3 Å². The minimum Gasteiger partial charge on any atom is -0.355 e. The highest BCUT2D eigenvalue weighted by Crippen LogP contribution is 2.29. The van der Waals surface area contributed by atoms with E-state index in [-0.39, 0.29) is 30.6 Å². The Morgan fingerprint density at radius 3 is 2.22 bits per heavy atom. The van der Waals surface area contributed by atoms with Crippen molar-refractivity contribution in [2.45, 2.75) is 20.8 Å². The van der Waals surface area contributed by atoms with Gasteiger partial charge in [0.2, 0.25) is 5.91 Å². The van der Waals surface area contributed by atoms with Crippen LogP contribution in [0.3, 0.4) is 0 Å². The lowest BCUT2D eigenvalue weighted by Crippen LogP contribution is -2.34. The highest BCUT2D eigenvalue weighted by Gasteiger charge is 2.21. The minimum absolute atomic E-state index is 0.0157. The highest BCUT2D eigenvalue weighted by atomic mass is 35.5. The van der Waals surface area contributed by atoms with Gasteiger partial charge < -0.3 is 10.3 Å². The Bertz CT molecular complexity index is 886. The van der Waals surface area contributed by atoms with Crippen LogP contribution in [0.2, 0.25) is 10.0 Å². The van der Waals surface area contributed by atoms with Crippen LogP contribution in [0.4, 0.5) is 5.69 Å². The predicted octanol–water partition coefficient (Wildman–Crippen LogP) is 3.89. The van der Waals surface area contributed by atoms with E-state index in [0.29, 0.717) is 38.2 Å². The van der Waals surface area contributed by atoms with E-state index in [1.165, 1.54) is 6.92 Å². The largest absolute Gasteiger partial charge is 0.355 e. The van der Waals surface area contributed by atoms with Gasteiger partial charge in [0.1, 0.15) is 0 Å². The first-order valence-corrected chi connectivity index (χ1v) is 9.03. The van der Waals surface area contributed by atoms with Crippen LogP contribution in [0.25, 0.3) is 0 Å². The number of halogens is 2. The molecule has 1 heterocycles. The fourth-order valence-electron chi connectivity index (χ4n) is 2.98. The van der Waals surface area contributed by atoms with Crippen molar-refractivity contribution in [1.29, 1.82) is 0 Å². The number of amides is 1. The van der Waals surface area contributed by atoms with Gasteiger partial charge in [-0.3, -0.25) is 19.3 Å². The van der Waals surface area contributed by atoms with Gasteiger partial charge in [-0.2, -0.15) is 0 Å². The zero-order valence-corrected chi connectivity index (χ0v) is 17.1. The number of likely N-dealkylation sites (N-methyl/N-ethyl adjacent to an activating group) is 1. The number of ketones is 2. The third-order valence-electron chi connectivity index (χ3n) is 4.12. The molecule has 27 heavy (non-hydrogen) atoms. The zero-order chi connectivity index (χ0) is 20.3. The SMILES string of the molecule is CC(=O)c1c(C)[nH]c(C(=O)CN(C)CC(=O)Nc2c(Cl)cccc2Cl)c1C. The van der Waals surface area contributed by atoms with E-state index < -0.39 is 0 Å².